The predicted octanol–water partition coefficient (Wildman–Crippen LogP) is 5.02. The van der Waals surface area contributed by atoms with Gasteiger partial charge < -0.3 is 15.1 Å². The molecule has 1 aromatic carbocycles. The number of rotatable bonds is 4. The van der Waals surface area contributed by atoms with Crippen molar-refractivity contribution in [3.63, 3.8) is 0 Å². The molecule has 1 saturated heterocycles. The SMILES string of the molecule is CN1CCN(c2ccc(Nc3ncc4ccc(=O)n(C5(C)C6(C)CCC(C6)C5(C)I)c4n3)cc2)CC1. The van der Waals surface area contributed by atoms with E-state index in [1.807, 2.05) is 16.8 Å². The van der Waals surface area contributed by atoms with Gasteiger partial charge in [-0.3, -0.25) is 9.36 Å². The maximum absolute atomic E-state index is 13.5. The number of hydrogen-bond acceptors (Lipinski definition) is 6. The molecule has 0 spiro atoms. The minimum atomic E-state index is -0.337. The van der Waals surface area contributed by atoms with Crippen LogP contribution in [0.1, 0.15) is 40.0 Å². The average Bonchev–Trinajstić information content (AvgIpc) is 3.34. The van der Waals surface area contributed by atoms with Crippen LogP contribution in [0.25, 0.3) is 11.0 Å². The Kier molecular flexibility index (Phi) is 5.64. The second-order valence-corrected chi connectivity index (χ2v) is 13.8. The lowest BCUT2D eigenvalue weighted by atomic mass is 9.66. The Balaban J connectivity index is 1.35. The number of anilines is 3. The van der Waals surface area contributed by atoms with E-state index in [0.717, 1.165) is 50.1 Å². The fraction of sp³-hybridized carbons (Fsp3) is 0.536. The number of piperazine rings is 1. The van der Waals surface area contributed by atoms with Gasteiger partial charge in [-0.25, -0.2) is 4.98 Å². The van der Waals surface area contributed by atoms with Crippen LogP contribution in [0.4, 0.5) is 17.3 Å². The summed E-state index contributed by atoms with van der Waals surface area (Å²) in [6.45, 7) is 11.2. The lowest BCUT2D eigenvalue weighted by molar-refractivity contribution is 0.0781. The minimum Gasteiger partial charge on any atom is -0.369 e. The third-order valence-electron chi connectivity index (χ3n) is 9.71. The lowest BCUT2D eigenvalue weighted by Gasteiger charge is -2.52. The molecule has 3 fully saturated rings. The number of nitrogens with one attached hydrogen (secondary N) is 1. The van der Waals surface area contributed by atoms with E-state index < -0.39 is 0 Å². The molecule has 4 atom stereocenters. The highest BCUT2D eigenvalue weighted by Gasteiger charge is 2.69. The van der Waals surface area contributed by atoms with Crippen molar-refractivity contribution >= 4 is 50.9 Å². The first-order chi connectivity index (χ1) is 17.1. The number of pyridine rings is 1. The largest absolute Gasteiger partial charge is 0.369 e. The van der Waals surface area contributed by atoms with E-state index in [-0.39, 0.29) is 19.9 Å². The fourth-order valence-electron chi connectivity index (χ4n) is 7.08. The summed E-state index contributed by atoms with van der Waals surface area (Å²) in [5.74, 6) is 1.12. The molecule has 36 heavy (non-hydrogen) atoms. The molecule has 4 unspecified atom stereocenters. The van der Waals surface area contributed by atoms with Gasteiger partial charge in [0.2, 0.25) is 5.95 Å². The Morgan fingerprint density at radius 1 is 1.03 bits per heavy atom. The first-order valence-electron chi connectivity index (χ1n) is 13.0. The van der Waals surface area contributed by atoms with Crippen molar-refractivity contribution in [1.82, 2.24) is 19.4 Å². The van der Waals surface area contributed by atoms with Gasteiger partial charge in [0, 0.05) is 58.6 Å². The van der Waals surface area contributed by atoms with E-state index in [1.165, 1.54) is 12.1 Å². The predicted molar refractivity (Wildman–Crippen MR) is 155 cm³/mol. The maximum atomic E-state index is 13.5. The van der Waals surface area contributed by atoms with Gasteiger partial charge in [-0.2, -0.15) is 4.98 Å². The summed E-state index contributed by atoms with van der Waals surface area (Å²) in [6, 6.07) is 12.0. The Morgan fingerprint density at radius 3 is 2.42 bits per heavy atom. The summed E-state index contributed by atoms with van der Waals surface area (Å²) in [5.41, 5.74) is 2.63. The summed E-state index contributed by atoms with van der Waals surface area (Å²) in [4.78, 5) is 27.8. The molecule has 3 heterocycles. The smallest absolute Gasteiger partial charge is 0.252 e. The molecule has 190 valence electrons. The quantitative estimate of drug-likeness (QED) is 0.337. The van der Waals surface area contributed by atoms with Gasteiger partial charge in [0.1, 0.15) is 5.65 Å². The fourth-order valence-corrected chi connectivity index (χ4v) is 8.51. The normalized spacial score (nSPS) is 32.4. The van der Waals surface area contributed by atoms with Crippen LogP contribution in [0.15, 0.2) is 47.4 Å². The summed E-state index contributed by atoms with van der Waals surface area (Å²) in [6.07, 6.45) is 5.37. The molecule has 3 aliphatic rings. The second-order valence-electron chi connectivity index (χ2n) is 11.6. The van der Waals surface area contributed by atoms with Crippen LogP contribution >= 0.6 is 22.6 Å². The van der Waals surface area contributed by atoms with Crippen molar-refractivity contribution in [3.05, 3.63) is 52.9 Å². The number of benzene rings is 1. The molecule has 2 bridgehead atoms. The average molecular weight is 599 g/mol. The van der Waals surface area contributed by atoms with Crippen molar-refractivity contribution in [3.8, 4) is 0 Å². The molecule has 2 aromatic heterocycles. The van der Waals surface area contributed by atoms with Crippen molar-refractivity contribution in [2.45, 2.75) is 49.0 Å². The maximum Gasteiger partial charge on any atom is 0.252 e. The van der Waals surface area contributed by atoms with Crippen LogP contribution < -0.4 is 15.8 Å². The van der Waals surface area contributed by atoms with Crippen LogP contribution in [0.3, 0.4) is 0 Å². The molecule has 8 heteroatoms. The highest BCUT2D eigenvalue weighted by molar-refractivity contribution is 14.1. The van der Waals surface area contributed by atoms with Gasteiger partial charge in [0.25, 0.3) is 5.56 Å². The van der Waals surface area contributed by atoms with Crippen LogP contribution in [0.2, 0.25) is 0 Å². The lowest BCUT2D eigenvalue weighted by Crippen LogP contribution is -2.59. The number of fused-ring (bicyclic) bond motifs is 3. The van der Waals surface area contributed by atoms with E-state index >= 15 is 0 Å². The molecule has 2 aliphatic carbocycles. The van der Waals surface area contributed by atoms with Gasteiger partial charge in [0.15, 0.2) is 0 Å². The van der Waals surface area contributed by atoms with Gasteiger partial charge >= 0.3 is 0 Å². The molecular formula is C28H35IN6O. The molecular weight excluding hydrogens is 563 g/mol. The Hall–Kier alpha value is -2.20. The van der Waals surface area contributed by atoms with Gasteiger partial charge in [-0.05, 0) is 81.8 Å². The topological polar surface area (TPSA) is 66.3 Å². The van der Waals surface area contributed by atoms with Crippen molar-refractivity contribution < 1.29 is 0 Å². The number of aromatic nitrogens is 3. The summed E-state index contributed by atoms with van der Waals surface area (Å²) >= 11 is 2.62. The van der Waals surface area contributed by atoms with Crippen molar-refractivity contribution in [2.24, 2.45) is 11.3 Å². The van der Waals surface area contributed by atoms with Crippen LogP contribution in [-0.4, -0.2) is 56.1 Å². The second kappa shape index (κ2) is 8.41. The van der Waals surface area contributed by atoms with E-state index in [9.17, 15) is 4.79 Å². The number of hydrogen-bond donors (Lipinski definition) is 1. The molecule has 0 amide bonds. The van der Waals surface area contributed by atoms with Gasteiger partial charge in [-0.15, -0.1) is 0 Å². The highest BCUT2D eigenvalue weighted by Crippen LogP contribution is 2.70. The van der Waals surface area contributed by atoms with Crippen LogP contribution in [-0.2, 0) is 5.54 Å². The Labute approximate surface area is 226 Å². The number of alkyl halides is 1. The third kappa shape index (κ3) is 3.50. The third-order valence-corrected chi connectivity index (χ3v) is 11.6. The molecule has 6 rings (SSSR count). The van der Waals surface area contributed by atoms with Crippen molar-refractivity contribution in [1.29, 1.82) is 0 Å². The monoisotopic (exact) mass is 598 g/mol. The van der Waals surface area contributed by atoms with E-state index in [1.54, 1.807) is 6.07 Å². The molecule has 3 aromatic rings. The standard InChI is InChI=1S/C28H35IN6O/c1-26-12-11-20(17-26)27(2,29)28(26,3)35-23(36)10-5-19-18-30-25(32-24(19)35)31-21-6-8-22(9-7-21)34-15-13-33(4)14-16-34/h5-10,18,20H,11-17H2,1-4H3,(H,30,31,32). The first-order valence-corrected chi connectivity index (χ1v) is 14.1. The Morgan fingerprint density at radius 2 is 1.75 bits per heavy atom. The molecule has 0 radical (unpaired) electrons. The molecule has 1 aliphatic heterocycles. The molecule has 7 nitrogen and oxygen atoms in total. The molecule has 1 N–H and O–H groups in total. The van der Waals surface area contributed by atoms with E-state index in [2.05, 4.69) is 94.8 Å². The summed E-state index contributed by atoms with van der Waals surface area (Å²) in [5, 5.41) is 4.27. The zero-order chi connectivity index (χ0) is 25.3. The number of likely N-dealkylation sites (N-methyl/N-ethyl adjacent to an activating group) is 1. The number of halogens is 1. The number of nitrogens with zero attached hydrogens (tertiary/aromatic N) is 5. The highest BCUT2D eigenvalue weighted by atomic mass is 127. The molecule has 2 saturated carbocycles. The van der Waals surface area contributed by atoms with Crippen LogP contribution in [0, 0.1) is 11.3 Å². The van der Waals surface area contributed by atoms with E-state index in [0.29, 0.717) is 17.5 Å². The van der Waals surface area contributed by atoms with Crippen LogP contribution in [0.5, 0.6) is 0 Å². The van der Waals surface area contributed by atoms with E-state index in [4.69, 9.17) is 4.98 Å². The van der Waals surface area contributed by atoms with Gasteiger partial charge in [0.05, 0.1) is 5.54 Å². The first kappa shape index (κ1) is 24.2. The summed E-state index contributed by atoms with van der Waals surface area (Å²) in [7, 11) is 2.17. The minimum absolute atomic E-state index is 0.0165. The zero-order valence-corrected chi connectivity index (χ0v) is 23.7. The van der Waals surface area contributed by atoms with Gasteiger partial charge in [-0.1, -0.05) is 29.5 Å². The van der Waals surface area contributed by atoms with Crippen molar-refractivity contribution in [2.75, 3.05) is 43.4 Å². The Bertz CT molecular complexity index is 1360. The summed E-state index contributed by atoms with van der Waals surface area (Å²) < 4.78 is 1.96. The zero-order valence-electron chi connectivity index (χ0n) is 21.6.